The lowest BCUT2D eigenvalue weighted by Gasteiger charge is -2.08. The quantitative estimate of drug-likeness (QED) is 0.778. The SMILES string of the molecule is O=C(COc1ccc(F)cc1Cl)Nc1ccc(I)cc1. The monoisotopic (exact) mass is 405 g/mol. The molecule has 0 atom stereocenters. The van der Waals surface area contributed by atoms with E-state index in [1.54, 1.807) is 12.1 Å². The minimum Gasteiger partial charge on any atom is -0.482 e. The number of anilines is 1. The second-order valence-electron chi connectivity index (χ2n) is 3.92. The van der Waals surface area contributed by atoms with E-state index >= 15 is 0 Å². The van der Waals surface area contributed by atoms with Gasteiger partial charge in [0, 0.05) is 9.26 Å². The van der Waals surface area contributed by atoms with Crippen molar-refractivity contribution in [2.24, 2.45) is 0 Å². The van der Waals surface area contributed by atoms with Crippen LogP contribution < -0.4 is 10.1 Å². The van der Waals surface area contributed by atoms with Gasteiger partial charge in [-0.15, -0.1) is 0 Å². The Labute approximate surface area is 134 Å². The Bertz CT molecular complexity index is 619. The van der Waals surface area contributed by atoms with Gasteiger partial charge in [-0.2, -0.15) is 0 Å². The molecule has 6 heteroatoms. The van der Waals surface area contributed by atoms with Crippen molar-refractivity contribution in [1.29, 1.82) is 0 Å². The first-order chi connectivity index (χ1) is 9.54. The zero-order valence-electron chi connectivity index (χ0n) is 10.2. The summed E-state index contributed by atoms with van der Waals surface area (Å²) in [6, 6.07) is 11.1. The number of benzene rings is 2. The van der Waals surface area contributed by atoms with E-state index in [1.807, 2.05) is 12.1 Å². The number of nitrogens with one attached hydrogen (secondary N) is 1. The number of carbonyl (C=O) groups excluding carboxylic acids is 1. The number of hydrogen-bond acceptors (Lipinski definition) is 2. The Morgan fingerprint density at radius 3 is 2.60 bits per heavy atom. The Hall–Kier alpha value is -1.34. The van der Waals surface area contributed by atoms with Crippen LogP contribution in [0.1, 0.15) is 0 Å². The highest BCUT2D eigenvalue weighted by Gasteiger charge is 2.07. The molecule has 1 amide bonds. The van der Waals surface area contributed by atoms with Crippen molar-refractivity contribution in [1.82, 2.24) is 0 Å². The van der Waals surface area contributed by atoms with Crippen LogP contribution in [0.15, 0.2) is 42.5 Å². The normalized spacial score (nSPS) is 10.2. The highest BCUT2D eigenvalue weighted by atomic mass is 127. The molecule has 0 aliphatic carbocycles. The molecule has 0 aromatic heterocycles. The molecule has 104 valence electrons. The first-order valence-electron chi connectivity index (χ1n) is 5.68. The van der Waals surface area contributed by atoms with Crippen molar-refractivity contribution in [2.75, 3.05) is 11.9 Å². The van der Waals surface area contributed by atoms with Crippen LogP contribution in [0.5, 0.6) is 5.75 Å². The fourth-order valence-corrected chi connectivity index (χ4v) is 2.05. The van der Waals surface area contributed by atoms with Crippen molar-refractivity contribution >= 4 is 45.8 Å². The molecular weight excluding hydrogens is 396 g/mol. The van der Waals surface area contributed by atoms with Crippen LogP contribution in [0, 0.1) is 9.39 Å². The van der Waals surface area contributed by atoms with E-state index in [0.717, 1.165) is 9.64 Å². The summed E-state index contributed by atoms with van der Waals surface area (Å²) in [6.45, 7) is -0.197. The number of hydrogen-bond donors (Lipinski definition) is 1. The van der Waals surface area contributed by atoms with Gasteiger partial charge in [0.25, 0.3) is 5.91 Å². The largest absolute Gasteiger partial charge is 0.482 e. The summed E-state index contributed by atoms with van der Waals surface area (Å²) >= 11 is 7.97. The Morgan fingerprint density at radius 2 is 1.95 bits per heavy atom. The lowest BCUT2D eigenvalue weighted by molar-refractivity contribution is -0.118. The van der Waals surface area contributed by atoms with Crippen LogP contribution in [-0.2, 0) is 4.79 Å². The summed E-state index contributed by atoms with van der Waals surface area (Å²) in [5, 5.41) is 2.82. The van der Waals surface area contributed by atoms with Gasteiger partial charge in [0.15, 0.2) is 6.61 Å². The van der Waals surface area contributed by atoms with E-state index in [9.17, 15) is 9.18 Å². The molecule has 0 saturated carbocycles. The van der Waals surface area contributed by atoms with E-state index < -0.39 is 5.82 Å². The van der Waals surface area contributed by atoms with Gasteiger partial charge in [-0.3, -0.25) is 4.79 Å². The molecule has 20 heavy (non-hydrogen) atoms. The Kier molecular flexibility index (Phi) is 5.19. The lowest BCUT2D eigenvalue weighted by atomic mass is 10.3. The van der Waals surface area contributed by atoms with Crippen LogP contribution in [0.3, 0.4) is 0 Å². The van der Waals surface area contributed by atoms with Crippen molar-refractivity contribution < 1.29 is 13.9 Å². The molecule has 0 spiro atoms. The molecule has 0 unspecified atom stereocenters. The van der Waals surface area contributed by atoms with Crippen LogP contribution in [0.25, 0.3) is 0 Å². The van der Waals surface area contributed by atoms with Gasteiger partial charge < -0.3 is 10.1 Å². The number of rotatable bonds is 4. The molecule has 3 nitrogen and oxygen atoms in total. The first kappa shape index (κ1) is 15.1. The van der Waals surface area contributed by atoms with E-state index in [-0.39, 0.29) is 23.3 Å². The van der Waals surface area contributed by atoms with Gasteiger partial charge in [0.1, 0.15) is 11.6 Å². The number of amides is 1. The maximum atomic E-state index is 12.8. The summed E-state index contributed by atoms with van der Waals surface area (Å²) in [5.41, 5.74) is 0.684. The smallest absolute Gasteiger partial charge is 0.262 e. The molecule has 0 aliphatic heterocycles. The Morgan fingerprint density at radius 1 is 1.25 bits per heavy atom. The number of carbonyl (C=O) groups is 1. The van der Waals surface area contributed by atoms with Gasteiger partial charge in [-0.05, 0) is 65.1 Å². The predicted molar refractivity (Wildman–Crippen MR) is 84.7 cm³/mol. The molecule has 2 aromatic carbocycles. The van der Waals surface area contributed by atoms with Crippen LogP contribution in [0.2, 0.25) is 5.02 Å². The van der Waals surface area contributed by atoms with Crippen molar-refractivity contribution in [3.8, 4) is 5.75 Å². The summed E-state index contributed by atoms with van der Waals surface area (Å²) in [5.74, 6) is -0.497. The summed E-state index contributed by atoms with van der Waals surface area (Å²) in [4.78, 5) is 11.7. The molecule has 0 fully saturated rings. The van der Waals surface area contributed by atoms with Gasteiger partial charge in [0.05, 0.1) is 5.02 Å². The van der Waals surface area contributed by atoms with Crippen molar-refractivity contribution in [2.45, 2.75) is 0 Å². The predicted octanol–water partition coefficient (Wildman–Crippen LogP) is 4.10. The summed E-state index contributed by atoms with van der Waals surface area (Å²) in [6.07, 6.45) is 0. The zero-order valence-corrected chi connectivity index (χ0v) is 13.1. The minimum atomic E-state index is -0.453. The molecule has 2 aromatic rings. The second kappa shape index (κ2) is 6.90. The first-order valence-corrected chi connectivity index (χ1v) is 7.13. The van der Waals surface area contributed by atoms with Crippen LogP contribution in [0.4, 0.5) is 10.1 Å². The molecular formula is C14H10ClFINO2. The van der Waals surface area contributed by atoms with Gasteiger partial charge >= 0.3 is 0 Å². The summed E-state index contributed by atoms with van der Waals surface area (Å²) in [7, 11) is 0. The van der Waals surface area contributed by atoms with E-state index in [1.165, 1.54) is 12.1 Å². The molecule has 0 radical (unpaired) electrons. The third kappa shape index (κ3) is 4.35. The topological polar surface area (TPSA) is 38.3 Å². The molecule has 0 bridgehead atoms. The number of ether oxygens (including phenoxy) is 1. The molecule has 2 rings (SSSR count). The third-order valence-electron chi connectivity index (χ3n) is 2.38. The fraction of sp³-hybridized carbons (Fsp3) is 0.0714. The van der Waals surface area contributed by atoms with Crippen LogP contribution in [-0.4, -0.2) is 12.5 Å². The van der Waals surface area contributed by atoms with Gasteiger partial charge in [-0.1, -0.05) is 11.6 Å². The van der Waals surface area contributed by atoms with Gasteiger partial charge in [-0.25, -0.2) is 4.39 Å². The summed E-state index contributed by atoms with van der Waals surface area (Å²) < 4.78 is 19.2. The fourth-order valence-electron chi connectivity index (χ4n) is 1.47. The van der Waals surface area contributed by atoms with Crippen molar-refractivity contribution in [3.05, 3.63) is 56.9 Å². The van der Waals surface area contributed by atoms with E-state index in [4.69, 9.17) is 16.3 Å². The second-order valence-corrected chi connectivity index (χ2v) is 5.57. The molecule has 0 aliphatic rings. The molecule has 1 N–H and O–H groups in total. The highest BCUT2D eigenvalue weighted by Crippen LogP contribution is 2.24. The van der Waals surface area contributed by atoms with Crippen LogP contribution >= 0.6 is 34.2 Å². The maximum absolute atomic E-state index is 12.8. The van der Waals surface area contributed by atoms with E-state index in [0.29, 0.717) is 5.69 Å². The molecule has 0 heterocycles. The standard InChI is InChI=1S/C14H10ClFINO2/c15-12-7-9(16)1-6-13(12)20-8-14(19)18-11-4-2-10(17)3-5-11/h1-7H,8H2,(H,18,19). The highest BCUT2D eigenvalue weighted by molar-refractivity contribution is 14.1. The average molecular weight is 406 g/mol. The average Bonchev–Trinajstić information content (AvgIpc) is 2.40. The lowest BCUT2D eigenvalue weighted by Crippen LogP contribution is -2.20. The molecule has 0 saturated heterocycles. The Balaban J connectivity index is 1.90. The zero-order chi connectivity index (χ0) is 14.5. The number of halogens is 3. The minimum absolute atomic E-state index is 0.132. The van der Waals surface area contributed by atoms with E-state index in [2.05, 4.69) is 27.9 Å². The van der Waals surface area contributed by atoms with Crippen molar-refractivity contribution in [3.63, 3.8) is 0 Å². The maximum Gasteiger partial charge on any atom is 0.262 e. The van der Waals surface area contributed by atoms with Gasteiger partial charge in [0.2, 0.25) is 0 Å². The third-order valence-corrected chi connectivity index (χ3v) is 3.40.